The zero-order valence-electron chi connectivity index (χ0n) is 8.76. The lowest BCUT2D eigenvalue weighted by Gasteiger charge is -2.12. The quantitative estimate of drug-likeness (QED) is 0.456. The first-order valence-corrected chi connectivity index (χ1v) is 5.75. The fraction of sp³-hybridized carbons (Fsp3) is 1.00. The topological polar surface area (TPSA) is 93.7 Å². The molecule has 4 nitrogen and oxygen atoms in total. The Hall–Kier alpha value is -0.410. The normalized spacial score (nSPS) is 14.3. The highest BCUT2D eigenvalue weighted by Gasteiger charge is 2.25. The van der Waals surface area contributed by atoms with Crippen molar-refractivity contribution >= 4 is 10.1 Å². The molecule has 16 heavy (non-hydrogen) atoms. The van der Waals surface area contributed by atoms with E-state index in [-0.39, 0.29) is 25.4 Å². The summed E-state index contributed by atoms with van der Waals surface area (Å²) in [5.41, 5.74) is -2.51. The summed E-state index contributed by atoms with van der Waals surface area (Å²) < 4.78 is 77.4. The van der Waals surface area contributed by atoms with Gasteiger partial charge in [-0.25, -0.2) is 12.8 Å². The molecule has 4 N–H and O–H groups in total. The number of unbranched alkanes of at least 4 members (excludes halogenated alkanes) is 2. The predicted molar refractivity (Wildman–Crippen MR) is 49.7 cm³/mol. The van der Waals surface area contributed by atoms with Gasteiger partial charge in [-0.3, -0.25) is 0 Å². The van der Waals surface area contributed by atoms with Crippen LogP contribution in [0.1, 0.15) is 32.1 Å². The van der Waals surface area contributed by atoms with E-state index in [1.54, 1.807) is 0 Å². The molecule has 0 aliphatic heterocycles. The minimum Gasteiger partial charge on any atom is -0.746 e. The predicted octanol–water partition coefficient (Wildman–Crippen LogP) is 2.72. The van der Waals surface area contributed by atoms with Crippen LogP contribution >= 0.6 is 0 Å². The first-order valence-electron chi connectivity index (χ1n) is 4.28. The van der Waals surface area contributed by atoms with Gasteiger partial charge in [0.2, 0.25) is 0 Å². The summed E-state index contributed by atoms with van der Waals surface area (Å²) >= 11 is 0. The van der Waals surface area contributed by atoms with Crippen molar-refractivity contribution in [2.45, 2.75) is 43.8 Å². The average Bonchev–Trinajstić information content (AvgIpc) is 1.99. The number of rotatable bonds is 6. The van der Waals surface area contributed by atoms with Gasteiger partial charge in [-0.15, -0.1) is 0 Å². The Balaban J connectivity index is 0. The van der Waals surface area contributed by atoms with Gasteiger partial charge in [-0.2, -0.15) is 13.2 Å². The van der Waals surface area contributed by atoms with Crippen molar-refractivity contribution in [3.05, 3.63) is 0 Å². The second-order valence-electron chi connectivity index (χ2n) is 3.12. The van der Waals surface area contributed by atoms with Crippen molar-refractivity contribution in [2.75, 3.05) is 0 Å². The monoisotopic (exact) mass is 269 g/mol. The molecule has 0 spiro atoms. The van der Waals surface area contributed by atoms with Gasteiger partial charge in [-0.05, 0) is 19.3 Å². The van der Waals surface area contributed by atoms with Gasteiger partial charge in [0.15, 0.2) is 5.50 Å². The average molecular weight is 269 g/mol. The molecule has 1 atom stereocenters. The SMILES string of the molecule is O=S(=O)([O-])C(F)CCCCCC(F)(F)F.[NH4+]. The van der Waals surface area contributed by atoms with Crippen molar-refractivity contribution in [1.29, 1.82) is 0 Å². The molecule has 0 heterocycles. The molecule has 0 aliphatic rings. The summed E-state index contributed by atoms with van der Waals surface area (Å²) in [6.45, 7) is 0. The standard InChI is InChI=1S/C7H12F4O3S.H3N/c8-6(15(12,13)14)4-2-1-3-5-7(9,10)11;/h6H,1-5H2,(H,12,13,14);1H3. The van der Waals surface area contributed by atoms with Crippen LogP contribution in [0.15, 0.2) is 0 Å². The van der Waals surface area contributed by atoms with E-state index in [9.17, 15) is 30.5 Å². The summed E-state index contributed by atoms with van der Waals surface area (Å²) in [4.78, 5) is 0. The molecular formula is C7H15F4NO3S. The summed E-state index contributed by atoms with van der Waals surface area (Å²) in [5, 5.41) is 0. The van der Waals surface area contributed by atoms with Gasteiger partial charge in [-0.1, -0.05) is 6.42 Å². The van der Waals surface area contributed by atoms with E-state index in [1.807, 2.05) is 0 Å². The van der Waals surface area contributed by atoms with Crippen molar-refractivity contribution in [3.63, 3.8) is 0 Å². The van der Waals surface area contributed by atoms with E-state index in [1.165, 1.54) is 0 Å². The second kappa shape index (κ2) is 7.02. The minimum absolute atomic E-state index is 0. The molecule has 0 saturated heterocycles. The number of hydrogen-bond acceptors (Lipinski definition) is 3. The molecule has 0 fully saturated rings. The summed E-state index contributed by atoms with van der Waals surface area (Å²) in [5.74, 6) is 0. The third-order valence-electron chi connectivity index (χ3n) is 1.70. The highest BCUT2D eigenvalue weighted by Crippen LogP contribution is 2.23. The summed E-state index contributed by atoms with van der Waals surface area (Å²) in [7, 11) is -4.96. The van der Waals surface area contributed by atoms with Crippen LogP contribution in [0.5, 0.6) is 0 Å². The summed E-state index contributed by atoms with van der Waals surface area (Å²) in [6, 6.07) is 0. The Kier molecular flexibility index (Phi) is 7.89. The van der Waals surface area contributed by atoms with Crippen LogP contribution < -0.4 is 6.15 Å². The van der Waals surface area contributed by atoms with Gasteiger partial charge in [0.05, 0.1) is 0 Å². The lowest BCUT2D eigenvalue weighted by atomic mass is 10.1. The van der Waals surface area contributed by atoms with Crippen LogP contribution in [0.4, 0.5) is 17.6 Å². The van der Waals surface area contributed by atoms with E-state index in [4.69, 9.17) is 0 Å². The zero-order chi connectivity index (χ0) is 12.1. The first-order chi connectivity index (χ1) is 6.63. The number of quaternary nitrogens is 1. The molecule has 0 aromatic carbocycles. The Morgan fingerprint density at radius 3 is 2.00 bits per heavy atom. The Morgan fingerprint density at radius 1 is 1.12 bits per heavy atom. The van der Waals surface area contributed by atoms with E-state index < -0.39 is 34.6 Å². The van der Waals surface area contributed by atoms with Gasteiger partial charge < -0.3 is 10.7 Å². The van der Waals surface area contributed by atoms with E-state index >= 15 is 0 Å². The lowest BCUT2D eigenvalue weighted by molar-refractivity contribution is -0.135. The highest BCUT2D eigenvalue weighted by molar-refractivity contribution is 7.86. The Labute approximate surface area is 91.4 Å². The molecule has 0 aromatic heterocycles. The van der Waals surface area contributed by atoms with Crippen molar-refractivity contribution in [2.24, 2.45) is 0 Å². The Morgan fingerprint density at radius 2 is 1.62 bits per heavy atom. The molecule has 0 rings (SSSR count). The first kappa shape index (κ1) is 18.0. The van der Waals surface area contributed by atoms with Crippen LogP contribution in [0.25, 0.3) is 0 Å². The molecule has 0 bridgehead atoms. The lowest BCUT2D eigenvalue weighted by Crippen LogP contribution is -2.15. The number of alkyl halides is 4. The largest absolute Gasteiger partial charge is 0.746 e. The molecule has 1 unspecified atom stereocenters. The van der Waals surface area contributed by atoms with Crippen molar-refractivity contribution in [1.82, 2.24) is 6.15 Å². The molecule has 0 aliphatic carbocycles. The van der Waals surface area contributed by atoms with Crippen LogP contribution in [0, 0.1) is 0 Å². The van der Waals surface area contributed by atoms with Crippen LogP contribution in [-0.4, -0.2) is 24.7 Å². The minimum atomic E-state index is -4.96. The van der Waals surface area contributed by atoms with E-state index in [0.29, 0.717) is 0 Å². The van der Waals surface area contributed by atoms with Crippen LogP contribution in [-0.2, 0) is 10.1 Å². The smallest absolute Gasteiger partial charge is 0.389 e. The third kappa shape index (κ3) is 10.1. The van der Waals surface area contributed by atoms with Gasteiger partial charge >= 0.3 is 6.18 Å². The fourth-order valence-corrected chi connectivity index (χ4v) is 1.41. The summed E-state index contributed by atoms with van der Waals surface area (Å²) in [6.07, 6.45) is -5.94. The van der Waals surface area contributed by atoms with Gasteiger partial charge in [0, 0.05) is 6.42 Å². The van der Waals surface area contributed by atoms with E-state index in [2.05, 4.69) is 0 Å². The fourth-order valence-electron chi connectivity index (χ4n) is 0.951. The van der Waals surface area contributed by atoms with E-state index in [0.717, 1.165) is 0 Å². The molecule has 0 saturated carbocycles. The maximum absolute atomic E-state index is 12.4. The Bertz CT molecular complexity index is 278. The van der Waals surface area contributed by atoms with Crippen LogP contribution in [0.2, 0.25) is 0 Å². The number of halogens is 4. The maximum Gasteiger partial charge on any atom is 0.389 e. The van der Waals surface area contributed by atoms with Crippen molar-refractivity contribution < 1.29 is 30.5 Å². The molecular weight excluding hydrogens is 254 g/mol. The molecule has 0 amide bonds. The van der Waals surface area contributed by atoms with Crippen LogP contribution in [0.3, 0.4) is 0 Å². The zero-order valence-corrected chi connectivity index (χ0v) is 9.57. The number of hydrogen-bond donors (Lipinski definition) is 1. The van der Waals surface area contributed by atoms with Gasteiger partial charge in [0.25, 0.3) is 0 Å². The maximum atomic E-state index is 12.4. The second-order valence-corrected chi connectivity index (χ2v) is 4.61. The third-order valence-corrected chi connectivity index (χ3v) is 2.57. The van der Waals surface area contributed by atoms with Crippen molar-refractivity contribution in [3.8, 4) is 0 Å². The van der Waals surface area contributed by atoms with Gasteiger partial charge in [0.1, 0.15) is 10.1 Å². The highest BCUT2D eigenvalue weighted by atomic mass is 32.2. The molecule has 9 heteroatoms. The molecule has 0 aromatic rings. The molecule has 0 radical (unpaired) electrons. The molecule has 100 valence electrons.